The van der Waals surface area contributed by atoms with Gasteiger partial charge in [0.2, 0.25) is 0 Å². The van der Waals surface area contributed by atoms with Crippen molar-refractivity contribution in [3.63, 3.8) is 0 Å². The first-order valence-corrected chi connectivity index (χ1v) is 13.7. The Morgan fingerprint density at radius 1 is 1.05 bits per heavy atom. The molecule has 3 atom stereocenters. The average Bonchev–Trinajstić information content (AvgIpc) is 3.31. The molecule has 3 unspecified atom stereocenters. The Balaban J connectivity index is 1.95. The standard InChI is InChI=1S/C29H38FN7O3/c1-4-22(38)17-33-18(3)36-25(16-20-10-6-7-12-23(20)32)34-27-26(36)28(39)37(24(30)5-2)29(40)35(27)14-13-19-9-8-11-21(31)15-19/h6-12,15,18,22,24,33,38H,4-5,13-14,16-17,31-32H2,1-3H3. The highest BCUT2D eigenvalue weighted by Crippen LogP contribution is 2.23. The van der Waals surface area contributed by atoms with Crippen LogP contribution in [0, 0.1) is 0 Å². The molecular weight excluding hydrogens is 513 g/mol. The quantitative estimate of drug-likeness (QED) is 0.198. The molecule has 4 rings (SSSR count). The van der Waals surface area contributed by atoms with Crippen LogP contribution in [-0.2, 0) is 19.4 Å². The van der Waals surface area contributed by atoms with Crippen molar-refractivity contribution in [3.8, 4) is 0 Å². The summed E-state index contributed by atoms with van der Waals surface area (Å²) in [4.78, 5) is 32.2. The van der Waals surface area contributed by atoms with Gasteiger partial charge in [0.05, 0.1) is 12.3 Å². The fourth-order valence-electron chi connectivity index (χ4n) is 4.84. The van der Waals surface area contributed by atoms with Gasteiger partial charge in [0.15, 0.2) is 17.5 Å². The number of nitrogen functional groups attached to an aromatic ring is 2. The summed E-state index contributed by atoms with van der Waals surface area (Å²) in [5.41, 5.74) is 13.8. The van der Waals surface area contributed by atoms with E-state index in [0.29, 0.717) is 34.6 Å². The second-order valence-corrected chi connectivity index (χ2v) is 10.0. The number of aliphatic hydroxyl groups excluding tert-OH is 1. The number of benzene rings is 2. The van der Waals surface area contributed by atoms with E-state index in [4.69, 9.17) is 16.5 Å². The average molecular weight is 552 g/mol. The van der Waals surface area contributed by atoms with E-state index >= 15 is 4.39 Å². The van der Waals surface area contributed by atoms with Crippen LogP contribution in [0.4, 0.5) is 15.8 Å². The van der Waals surface area contributed by atoms with Gasteiger partial charge in [-0.1, -0.05) is 44.2 Å². The molecular formula is C29H38FN7O3. The maximum absolute atomic E-state index is 15.2. The van der Waals surface area contributed by atoms with Crippen LogP contribution in [0.2, 0.25) is 0 Å². The molecule has 4 aromatic rings. The number of rotatable bonds is 12. The van der Waals surface area contributed by atoms with Crippen LogP contribution in [0.3, 0.4) is 0 Å². The Morgan fingerprint density at radius 3 is 2.48 bits per heavy atom. The number of aromatic nitrogens is 4. The van der Waals surface area contributed by atoms with E-state index in [2.05, 4.69) is 5.32 Å². The Labute approximate surface area is 232 Å². The minimum Gasteiger partial charge on any atom is -0.399 e. The van der Waals surface area contributed by atoms with Gasteiger partial charge in [0, 0.05) is 30.9 Å². The predicted molar refractivity (Wildman–Crippen MR) is 156 cm³/mol. The Morgan fingerprint density at radius 2 is 1.80 bits per heavy atom. The van der Waals surface area contributed by atoms with Crippen molar-refractivity contribution in [2.24, 2.45) is 0 Å². The van der Waals surface area contributed by atoms with Crippen LogP contribution in [0.25, 0.3) is 11.2 Å². The third-order valence-corrected chi connectivity index (χ3v) is 7.18. The molecule has 0 aliphatic rings. The monoisotopic (exact) mass is 551 g/mol. The number of hydrogen-bond acceptors (Lipinski definition) is 7. The number of hydrogen-bond donors (Lipinski definition) is 4. The van der Waals surface area contributed by atoms with Gasteiger partial charge in [-0.15, -0.1) is 0 Å². The summed E-state index contributed by atoms with van der Waals surface area (Å²) in [5, 5.41) is 13.4. The van der Waals surface area contributed by atoms with Crippen molar-refractivity contribution in [2.45, 2.75) is 71.6 Å². The first kappa shape index (κ1) is 29.0. The summed E-state index contributed by atoms with van der Waals surface area (Å²) in [7, 11) is 0. The van der Waals surface area contributed by atoms with Crippen molar-refractivity contribution in [2.75, 3.05) is 18.0 Å². The topological polar surface area (TPSA) is 146 Å². The van der Waals surface area contributed by atoms with Crippen LogP contribution in [0.1, 0.15) is 63.0 Å². The number of fused-ring (bicyclic) bond motifs is 1. The number of para-hydroxylation sites is 1. The summed E-state index contributed by atoms with van der Waals surface area (Å²) < 4.78 is 18.9. The van der Waals surface area contributed by atoms with Gasteiger partial charge in [-0.2, -0.15) is 0 Å². The molecule has 0 aliphatic carbocycles. The van der Waals surface area contributed by atoms with Crippen LogP contribution in [0.15, 0.2) is 58.1 Å². The van der Waals surface area contributed by atoms with Crippen molar-refractivity contribution in [3.05, 3.63) is 86.3 Å². The zero-order valence-electron chi connectivity index (χ0n) is 23.2. The fraction of sp³-hybridized carbons (Fsp3) is 0.414. The molecule has 0 saturated carbocycles. The molecule has 0 aliphatic heterocycles. The van der Waals surface area contributed by atoms with Crippen LogP contribution in [0.5, 0.6) is 0 Å². The lowest BCUT2D eigenvalue weighted by Gasteiger charge is -2.21. The van der Waals surface area contributed by atoms with Crippen molar-refractivity contribution < 1.29 is 9.50 Å². The highest BCUT2D eigenvalue weighted by Gasteiger charge is 2.27. The van der Waals surface area contributed by atoms with Gasteiger partial charge in [-0.05, 0) is 55.5 Å². The smallest absolute Gasteiger partial charge is 0.335 e. The van der Waals surface area contributed by atoms with Gasteiger partial charge < -0.3 is 21.1 Å². The molecule has 214 valence electrons. The fourth-order valence-corrected chi connectivity index (χ4v) is 4.84. The van der Waals surface area contributed by atoms with E-state index < -0.39 is 29.8 Å². The second-order valence-electron chi connectivity index (χ2n) is 10.0. The normalized spacial score (nSPS) is 13.9. The molecule has 10 nitrogen and oxygen atoms in total. The summed E-state index contributed by atoms with van der Waals surface area (Å²) in [6, 6.07) is 14.7. The van der Waals surface area contributed by atoms with Crippen LogP contribution >= 0.6 is 0 Å². The number of aryl methyl sites for hydroxylation is 2. The second kappa shape index (κ2) is 12.5. The number of anilines is 2. The molecule has 0 bridgehead atoms. The molecule has 0 saturated heterocycles. The van der Waals surface area contributed by atoms with Gasteiger partial charge in [-0.3, -0.25) is 14.7 Å². The van der Waals surface area contributed by atoms with E-state index in [1.807, 2.05) is 50.2 Å². The molecule has 2 heterocycles. The maximum Gasteiger partial charge on any atom is 0.335 e. The molecule has 0 amide bonds. The summed E-state index contributed by atoms with van der Waals surface area (Å²) in [6.45, 7) is 5.72. The summed E-state index contributed by atoms with van der Waals surface area (Å²) >= 11 is 0. The van der Waals surface area contributed by atoms with E-state index in [0.717, 1.165) is 11.1 Å². The first-order chi connectivity index (χ1) is 19.2. The number of imidazole rings is 1. The summed E-state index contributed by atoms with van der Waals surface area (Å²) in [5.74, 6) is 0.484. The first-order valence-electron chi connectivity index (χ1n) is 13.7. The van der Waals surface area contributed by atoms with Gasteiger partial charge in [-0.25, -0.2) is 18.7 Å². The highest BCUT2D eigenvalue weighted by molar-refractivity contribution is 5.72. The highest BCUT2D eigenvalue weighted by atomic mass is 19.1. The predicted octanol–water partition coefficient (Wildman–Crippen LogP) is 3.11. The number of aliphatic hydroxyl groups is 1. The van der Waals surface area contributed by atoms with Gasteiger partial charge in [0.25, 0.3) is 5.56 Å². The maximum atomic E-state index is 15.2. The number of alkyl halides is 1. The molecule has 6 N–H and O–H groups in total. The molecule has 11 heteroatoms. The lowest BCUT2D eigenvalue weighted by atomic mass is 10.1. The van der Waals surface area contributed by atoms with Gasteiger partial charge in [0.1, 0.15) is 5.82 Å². The summed E-state index contributed by atoms with van der Waals surface area (Å²) in [6.07, 6.45) is -1.70. The number of nitrogens with two attached hydrogens (primary N) is 2. The lowest BCUT2D eigenvalue weighted by molar-refractivity contribution is 0.159. The zero-order valence-corrected chi connectivity index (χ0v) is 23.2. The number of nitrogens with one attached hydrogen (secondary N) is 1. The largest absolute Gasteiger partial charge is 0.399 e. The minimum absolute atomic E-state index is 0.0477. The molecule has 2 aromatic carbocycles. The minimum atomic E-state index is -1.80. The van der Waals surface area contributed by atoms with Crippen molar-refractivity contribution in [1.82, 2.24) is 24.0 Å². The third kappa shape index (κ3) is 5.95. The van der Waals surface area contributed by atoms with Gasteiger partial charge >= 0.3 is 5.69 Å². The van der Waals surface area contributed by atoms with E-state index in [-0.39, 0.29) is 37.1 Å². The van der Waals surface area contributed by atoms with Crippen molar-refractivity contribution in [1.29, 1.82) is 0 Å². The zero-order chi connectivity index (χ0) is 29.0. The Hall–Kier alpha value is -3.96. The Bertz CT molecular complexity index is 1590. The van der Waals surface area contributed by atoms with Crippen LogP contribution in [-0.4, -0.2) is 36.4 Å². The van der Waals surface area contributed by atoms with E-state index in [1.54, 1.807) is 23.6 Å². The molecule has 0 spiro atoms. The number of nitrogens with zero attached hydrogens (tertiary/aromatic N) is 4. The SMILES string of the molecule is CCC(O)CNC(C)n1c(Cc2ccccc2N)nc2c1c(=O)n(C(F)CC)c(=O)n2CCc1cccc(N)c1. The molecule has 2 aromatic heterocycles. The molecule has 0 fully saturated rings. The molecule has 0 radical (unpaired) electrons. The van der Waals surface area contributed by atoms with Crippen LogP contribution < -0.4 is 28.0 Å². The van der Waals surface area contributed by atoms with Crippen molar-refractivity contribution >= 4 is 22.5 Å². The van der Waals surface area contributed by atoms with E-state index in [9.17, 15) is 14.7 Å². The Kier molecular flexibility index (Phi) is 9.06. The lowest BCUT2D eigenvalue weighted by Crippen LogP contribution is -2.42. The molecule has 40 heavy (non-hydrogen) atoms. The third-order valence-electron chi connectivity index (χ3n) is 7.18. The van der Waals surface area contributed by atoms with E-state index in [1.165, 1.54) is 4.57 Å². The number of halogens is 1.